The van der Waals surface area contributed by atoms with Crippen molar-refractivity contribution < 1.29 is 0 Å². The second-order valence-corrected chi connectivity index (χ2v) is 11.1. The molecule has 6 nitrogen and oxygen atoms in total. The van der Waals surface area contributed by atoms with Crippen LogP contribution in [-0.4, -0.2) is 15.0 Å². The fourth-order valence-corrected chi connectivity index (χ4v) is 5.68. The topological polar surface area (TPSA) is 110 Å². The lowest BCUT2D eigenvalue weighted by Gasteiger charge is -2.14. The summed E-state index contributed by atoms with van der Waals surface area (Å²) >= 11 is 0. The predicted molar refractivity (Wildman–Crippen MR) is 187 cm³/mol. The number of nitriles is 3. The lowest BCUT2D eigenvalue weighted by molar-refractivity contribution is 1.26. The SMILES string of the molecule is N#Cc1cccc(-c2cccc(-c3cc(-c4cccc(-c5cccc(C#N)n5)c4)cc(-c4cccc(-c5cccc(C#N)n5)c4)c3)c2)n1. The largest absolute Gasteiger partial charge is 0.237 e. The van der Waals surface area contributed by atoms with Crippen LogP contribution in [0.1, 0.15) is 17.1 Å². The first-order valence-corrected chi connectivity index (χ1v) is 15.2. The van der Waals surface area contributed by atoms with Crippen LogP contribution in [0, 0.1) is 34.0 Å². The van der Waals surface area contributed by atoms with E-state index < -0.39 is 0 Å². The number of rotatable bonds is 6. The zero-order valence-electron chi connectivity index (χ0n) is 25.5. The number of hydrogen-bond acceptors (Lipinski definition) is 6. The van der Waals surface area contributed by atoms with E-state index >= 15 is 0 Å². The Hall–Kier alpha value is -7.20. The fraction of sp³-hybridized carbons (Fsp3) is 0. The molecule has 0 spiro atoms. The van der Waals surface area contributed by atoms with Crippen molar-refractivity contribution in [3.05, 3.63) is 163 Å². The first kappa shape index (κ1) is 29.5. The molecule has 0 bridgehead atoms. The van der Waals surface area contributed by atoms with Gasteiger partial charge in [0.15, 0.2) is 0 Å². The van der Waals surface area contributed by atoms with Gasteiger partial charge in [-0.1, -0.05) is 72.8 Å². The molecule has 0 aliphatic carbocycles. The standard InChI is InChI=1S/C42H24N6/c43-25-37-13-4-16-40(46-37)31-10-1-7-28(19-31)34-22-35(29-8-2-11-32(20-29)41-17-5-14-38(26-44)47-41)24-36(23-34)30-9-3-12-33(21-30)42-18-6-15-39(27-45)48-42/h1-24H. The van der Waals surface area contributed by atoms with Crippen LogP contribution in [0.5, 0.6) is 0 Å². The molecule has 6 heteroatoms. The minimum absolute atomic E-state index is 0.367. The van der Waals surface area contributed by atoms with Crippen molar-refractivity contribution in [2.45, 2.75) is 0 Å². The minimum atomic E-state index is 0.367. The summed E-state index contributed by atoms with van der Waals surface area (Å²) in [7, 11) is 0. The molecule has 0 N–H and O–H groups in total. The van der Waals surface area contributed by atoms with Gasteiger partial charge in [-0.05, 0) is 106 Å². The van der Waals surface area contributed by atoms with Gasteiger partial charge >= 0.3 is 0 Å². The van der Waals surface area contributed by atoms with Crippen molar-refractivity contribution in [1.29, 1.82) is 15.8 Å². The Labute approximate surface area is 278 Å². The van der Waals surface area contributed by atoms with Crippen molar-refractivity contribution in [3.63, 3.8) is 0 Å². The maximum absolute atomic E-state index is 9.41. The Bertz CT molecular complexity index is 2170. The van der Waals surface area contributed by atoms with E-state index in [1.807, 2.05) is 72.8 Å². The van der Waals surface area contributed by atoms with Crippen LogP contribution in [0.25, 0.3) is 67.2 Å². The van der Waals surface area contributed by atoms with Gasteiger partial charge < -0.3 is 0 Å². The first-order chi connectivity index (χ1) is 23.6. The van der Waals surface area contributed by atoms with Crippen molar-refractivity contribution in [2.75, 3.05) is 0 Å². The second-order valence-electron chi connectivity index (χ2n) is 11.1. The summed E-state index contributed by atoms with van der Waals surface area (Å²) in [6, 6.07) is 53.7. The molecule has 0 atom stereocenters. The van der Waals surface area contributed by atoms with Gasteiger partial charge in [-0.3, -0.25) is 0 Å². The van der Waals surface area contributed by atoms with Gasteiger partial charge in [0.25, 0.3) is 0 Å². The molecule has 48 heavy (non-hydrogen) atoms. The van der Waals surface area contributed by atoms with E-state index in [1.54, 1.807) is 18.2 Å². The predicted octanol–water partition coefficient (Wildman–Crippen LogP) is 9.49. The highest BCUT2D eigenvalue weighted by Gasteiger charge is 2.12. The molecule has 0 aliphatic heterocycles. The van der Waals surface area contributed by atoms with Gasteiger partial charge in [0.2, 0.25) is 0 Å². The summed E-state index contributed by atoms with van der Waals surface area (Å²) in [4.78, 5) is 13.5. The van der Waals surface area contributed by atoms with Gasteiger partial charge in [-0.25, -0.2) is 15.0 Å². The lowest BCUT2D eigenvalue weighted by Crippen LogP contribution is -1.91. The van der Waals surface area contributed by atoms with Crippen molar-refractivity contribution >= 4 is 0 Å². The Morgan fingerprint density at radius 2 is 0.542 bits per heavy atom. The third-order valence-electron chi connectivity index (χ3n) is 8.00. The van der Waals surface area contributed by atoms with E-state index in [1.165, 1.54) is 0 Å². The second kappa shape index (κ2) is 13.0. The molecule has 0 saturated carbocycles. The van der Waals surface area contributed by atoms with Crippen molar-refractivity contribution in [3.8, 4) is 85.4 Å². The monoisotopic (exact) mass is 612 g/mol. The molecule has 7 aromatic rings. The van der Waals surface area contributed by atoms with Gasteiger partial charge in [-0.15, -0.1) is 0 Å². The molecule has 3 heterocycles. The quantitative estimate of drug-likeness (QED) is 0.185. The first-order valence-electron chi connectivity index (χ1n) is 15.2. The van der Waals surface area contributed by atoms with Crippen LogP contribution in [0.3, 0.4) is 0 Å². The Morgan fingerprint density at radius 1 is 0.292 bits per heavy atom. The third kappa shape index (κ3) is 6.17. The van der Waals surface area contributed by atoms with Crippen LogP contribution in [0.4, 0.5) is 0 Å². The average molecular weight is 613 g/mol. The molecule has 0 saturated heterocycles. The maximum atomic E-state index is 9.41. The van der Waals surface area contributed by atoms with E-state index in [2.05, 4.69) is 87.8 Å². The van der Waals surface area contributed by atoms with Gasteiger partial charge in [0.1, 0.15) is 35.3 Å². The molecule has 0 amide bonds. The van der Waals surface area contributed by atoms with Crippen LogP contribution in [0.15, 0.2) is 146 Å². The number of benzene rings is 4. The molecular weight excluding hydrogens is 589 g/mol. The average Bonchev–Trinajstić information content (AvgIpc) is 3.18. The summed E-state index contributed by atoms with van der Waals surface area (Å²) in [5.74, 6) is 0. The van der Waals surface area contributed by atoms with Gasteiger partial charge in [0, 0.05) is 16.7 Å². The zero-order chi connectivity index (χ0) is 32.9. The smallest absolute Gasteiger partial charge is 0.141 e. The van der Waals surface area contributed by atoms with Gasteiger partial charge in [-0.2, -0.15) is 15.8 Å². The lowest BCUT2D eigenvalue weighted by atomic mass is 9.91. The summed E-state index contributed by atoms with van der Waals surface area (Å²) in [6.07, 6.45) is 0. The Kier molecular flexibility index (Phi) is 8.01. The molecule has 7 rings (SSSR count). The zero-order valence-corrected chi connectivity index (χ0v) is 25.5. The summed E-state index contributed by atoms with van der Waals surface area (Å²) in [5, 5.41) is 28.2. The summed E-state index contributed by atoms with van der Waals surface area (Å²) in [5.41, 5.74) is 12.0. The van der Waals surface area contributed by atoms with Crippen LogP contribution in [0.2, 0.25) is 0 Å². The number of aromatic nitrogens is 3. The highest BCUT2D eigenvalue weighted by molar-refractivity contribution is 5.84. The molecule has 0 fully saturated rings. The summed E-state index contributed by atoms with van der Waals surface area (Å²) < 4.78 is 0. The van der Waals surface area contributed by atoms with Crippen LogP contribution in [-0.2, 0) is 0 Å². The molecule has 0 aliphatic rings. The number of nitrogens with zero attached hydrogens (tertiary/aromatic N) is 6. The van der Waals surface area contributed by atoms with E-state index in [9.17, 15) is 15.8 Å². The fourth-order valence-electron chi connectivity index (χ4n) is 5.68. The van der Waals surface area contributed by atoms with E-state index in [0.29, 0.717) is 17.1 Å². The highest BCUT2D eigenvalue weighted by atomic mass is 14.7. The molecule has 4 aromatic carbocycles. The minimum Gasteiger partial charge on any atom is -0.237 e. The van der Waals surface area contributed by atoms with Crippen molar-refractivity contribution in [1.82, 2.24) is 15.0 Å². The summed E-state index contributed by atoms with van der Waals surface area (Å²) in [6.45, 7) is 0. The van der Waals surface area contributed by atoms with E-state index in [4.69, 9.17) is 0 Å². The van der Waals surface area contributed by atoms with Crippen LogP contribution >= 0.6 is 0 Å². The normalized spacial score (nSPS) is 10.4. The Balaban J connectivity index is 1.38. The van der Waals surface area contributed by atoms with Crippen LogP contribution < -0.4 is 0 Å². The van der Waals surface area contributed by atoms with E-state index in [-0.39, 0.29) is 0 Å². The molecular formula is C42H24N6. The van der Waals surface area contributed by atoms with Gasteiger partial charge in [0.05, 0.1) is 17.1 Å². The Morgan fingerprint density at radius 3 is 0.833 bits per heavy atom. The highest BCUT2D eigenvalue weighted by Crippen LogP contribution is 2.36. The maximum Gasteiger partial charge on any atom is 0.141 e. The number of pyridine rings is 3. The molecule has 0 radical (unpaired) electrons. The van der Waals surface area contributed by atoms with Crippen molar-refractivity contribution in [2.24, 2.45) is 0 Å². The molecule has 3 aromatic heterocycles. The molecule has 0 unspecified atom stereocenters. The molecule has 222 valence electrons. The van der Waals surface area contributed by atoms with E-state index in [0.717, 1.165) is 67.2 Å². The third-order valence-corrected chi connectivity index (χ3v) is 8.00. The number of hydrogen-bond donors (Lipinski definition) is 0.